The number of piperidine rings is 1. The van der Waals surface area contributed by atoms with Crippen LogP contribution in [-0.2, 0) is 9.63 Å². The standard InChI is InChI=1S/C29H38N4O4/c1-37-31-25(11-12-27(34)35)28-29(36)33(26-8-3-2-7-24(26)30-28)23-16-20-9-10-21(17-23)32(20)22-14-18-5-4-6-19(13-18)15-22/h2-3,7-8,18-23H,4-6,9-17H2,1H3,(H,34,35)/b31-25+/t18?,19?,20-,21+,22?,23?. The van der Waals surface area contributed by atoms with Crippen LogP contribution in [0.5, 0.6) is 0 Å². The van der Waals surface area contributed by atoms with Crippen molar-refractivity contribution >= 4 is 22.7 Å². The minimum absolute atomic E-state index is 0.0947. The number of hydrogen-bond donors (Lipinski definition) is 1. The maximum absolute atomic E-state index is 14.0. The number of hydrogen-bond acceptors (Lipinski definition) is 6. The average molecular weight is 507 g/mol. The number of rotatable bonds is 7. The highest BCUT2D eigenvalue weighted by Gasteiger charge is 2.47. The molecule has 198 valence electrons. The first-order valence-corrected chi connectivity index (χ1v) is 14.1. The highest BCUT2D eigenvalue weighted by atomic mass is 16.6. The molecule has 1 N–H and O–H groups in total. The van der Waals surface area contributed by atoms with Crippen LogP contribution >= 0.6 is 0 Å². The fraction of sp³-hybridized carbons (Fsp3) is 0.655. The van der Waals surface area contributed by atoms with Crippen molar-refractivity contribution in [1.82, 2.24) is 14.5 Å². The molecular formula is C29H38N4O4. The van der Waals surface area contributed by atoms with Gasteiger partial charge in [-0.25, -0.2) is 4.98 Å². The minimum Gasteiger partial charge on any atom is -0.481 e. The van der Waals surface area contributed by atoms with Crippen molar-refractivity contribution in [3.8, 4) is 0 Å². The number of carboxylic acids is 1. The third-order valence-electron chi connectivity index (χ3n) is 9.50. The summed E-state index contributed by atoms with van der Waals surface area (Å²) in [7, 11) is 1.41. The molecule has 8 heteroatoms. The highest BCUT2D eigenvalue weighted by Crippen LogP contribution is 2.48. The van der Waals surface area contributed by atoms with Crippen molar-refractivity contribution < 1.29 is 14.7 Å². The van der Waals surface area contributed by atoms with E-state index in [-0.39, 0.29) is 30.1 Å². The van der Waals surface area contributed by atoms with Crippen LogP contribution in [0.3, 0.4) is 0 Å². The van der Waals surface area contributed by atoms with Gasteiger partial charge in [0.2, 0.25) is 0 Å². The second kappa shape index (κ2) is 10.2. The van der Waals surface area contributed by atoms with Crippen molar-refractivity contribution in [3.63, 3.8) is 0 Å². The number of fused-ring (bicyclic) bond motifs is 5. The van der Waals surface area contributed by atoms with Crippen molar-refractivity contribution in [2.75, 3.05) is 7.11 Å². The molecule has 4 fully saturated rings. The molecule has 2 aliphatic carbocycles. The summed E-state index contributed by atoms with van der Waals surface area (Å²) in [6.45, 7) is 0. The van der Waals surface area contributed by atoms with Crippen molar-refractivity contribution in [2.45, 2.75) is 101 Å². The van der Waals surface area contributed by atoms with Gasteiger partial charge in [-0.15, -0.1) is 0 Å². The van der Waals surface area contributed by atoms with Gasteiger partial charge in [0.1, 0.15) is 12.8 Å². The van der Waals surface area contributed by atoms with E-state index >= 15 is 0 Å². The van der Waals surface area contributed by atoms with Gasteiger partial charge in [-0.3, -0.25) is 14.5 Å². The molecule has 4 aliphatic rings. The van der Waals surface area contributed by atoms with Crippen LogP contribution in [-0.4, -0.2) is 56.5 Å². The molecular weight excluding hydrogens is 468 g/mol. The first-order valence-electron chi connectivity index (χ1n) is 14.1. The summed E-state index contributed by atoms with van der Waals surface area (Å²) in [5, 5.41) is 13.3. The van der Waals surface area contributed by atoms with Gasteiger partial charge in [-0.1, -0.05) is 36.6 Å². The van der Waals surface area contributed by atoms with Crippen LogP contribution in [0.25, 0.3) is 11.0 Å². The highest BCUT2D eigenvalue weighted by molar-refractivity contribution is 6.00. The number of carbonyl (C=O) groups is 1. The molecule has 2 aliphatic heterocycles. The topological polar surface area (TPSA) is 97.0 Å². The SMILES string of the molecule is CO/N=C(\CCC(=O)O)c1nc2ccccc2n(C2C[C@H]3CC[C@@H](C2)N3C2CC3CCCC(C3)C2)c1=O. The summed E-state index contributed by atoms with van der Waals surface area (Å²) >= 11 is 0. The summed E-state index contributed by atoms with van der Waals surface area (Å²) in [6.07, 6.45) is 12.7. The number of aliphatic carboxylic acids is 1. The normalized spacial score (nSPS) is 32.0. The Morgan fingerprint density at radius 1 is 0.973 bits per heavy atom. The number of para-hydroxylation sites is 2. The first-order chi connectivity index (χ1) is 18.0. The Balaban J connectivity index is 1.33. The van der Waals surface area contributed by atoms with Gasteiger partial charge >= 0.3 is 5.97 Å². The van der Waals surface area contributed by atoms with E-state index in [2.05, 4.69) is 15.0 Å². The van der Waals surface area contributed by atoms with E-state index < -0.39 is 5.97 Å². The summed E-state index contributed by atoms with van der Waals surface area (Å²) < 4.78 is 1.95. The third kappa shape index (κ3) is 4.69. The lowest BCUT2D eigenvalue weighted by Gasteiger charge is -2.49. The van der Waals surface area contributed by atoms with Crippen LogP contribution in [0.15, 0.2) is 34.2 Å². The molecule has 5 atom stereocenters. The molecule has 0 spiro atoms. The van der Waals surface area contributed by atoms with Gasteiger partial charge < -0.3 is 14.5 Å². The third-order valence-corrected chi connectivity index (χ3v) is 9.50. The van der Waals surface area contributed by atoms with Crippen LogP contribution in [0.4, 0.5) is 0 Å². The summed E-state index contributed by atoms with van der Waals surface area (Å²) in [5.74, 6) is 0.877. The fourth-order valence-corrected chi connectivity index (χ4v) is 8.18. The Morgan fingerprint density at radius 2 is 1.68 bits per heavy atom. The smallest absolute Gasteiger partial charge is 0.303 e. The van der Waals surface area contributed by atoms with Crippen molar-refractivity contribution in [3.05, 3.63) is 40.3 Å². The summed E-state index contributed by atoms with van der Waals surface area (Å²) in [5.41, 5.74) is 1.88. The zero-order chi connectivity index (χ0) is 25.5. The molecule has 4 bridgehead atoms. The Bertz CT molecular complexity index is 1230. The Morgan fingerprint density at radius 3 is 2.35 bits per heavy atom. The van der Waals surface area contributed by atoms with E-state index in [4.69, 9.17) is 4.84 Å². The number of benzene rings is 1. The second-order valence-corrected chi connectivity index (χ2v) is 11.7. The molecule has 37 heavy (non-hydrogen) atoms. The second-order valence-electron chi connectivity index (χ2n) is 11.7. The van der Waals surface area contributed by atoms with Crippen LogP contribution < -0.4 is 5.56 Å². The summed E-state index contributed by atoms with van der Waals surface area (Å²) in [6, 6.07) is 9.63. The summed E-state index contributed by atoms with van der Waals surface area (Å²) in [4.78, 5) is 37.8. The van der Waals surface area contributed by atoms with E-state index in [1.165, 1.54) is 58.5 Å². The predicted octanol–water partition coefficient (Wildman–Crippen LogP) is 4.75. The van der Waals surface area contributed by atoms with Crippen LogP contribution in [0.2, 0.25) is 0 Å². The maximum atomic E-state index is 14.0. The van der Waals surface area contributed by atoms with Gasteiger partial charge in [0.15, 0.2) is 5.69 Å². The molecule has 0 amide bonds. The Labute approximate surface area is 217 Å². The zero-order valence-electron chi connectivity index (χ0n) is 21.7. The molecule has 8 nitrogen and oxygen atoms in total. The van der Waals surface area contributed by atoms with E-state index in [0.29, 0.717) is 23.8 Å². The Kier molecular flexibility index (Phi) is 6.78. The molecule has 1 aromatic carbocycles. The minimum atomic E-state index is -0.944. The van der Waals surface area contributed by atoms with Gasteiger partial charge in [0.25, 0.3) is 5.56 Å². The van der Waals surface area contributed by atoms with Gasteiger partial charge in [-0.05, 0) is 68.9 Å². The monoisotopic (exact) mass is 506 g/mol. The molecule has 2 saturated carbocycles. The molecule has 2 saturated heterocycles. The van der Waals surface area contributed by atoms with Crippen LogP contribution in [0.1, 0.15) is 88.8 Å². The lowest BCUT2D eigenvalue weighted by atomic mass is 9.69. The van der Waals surface area contributed by atoms with E-state index in [1.54, 1.807) is 0 Å². The van der Waals surface area contributed by atoms with Crippen molar-refractivity contribution in [1.29, 1.82) is 0 Å². The molecule has 6 rings (SSSR count). The van der Waals surface area contributed by atoms with Gasteiger partial charge in [0, 0.05) is 30.6 Å². The maximum Gasteiger partial charge on any atom is 0.303 e. The van der Waals surface area contributed by atoms with E-state index in [9.17, 15) is 14.7 Å². The quantitative estimate of drug-likeness (QED) is 0.430. The van der Waals surface area contributed by atoms with Gasteiger partial charge in [0.05, 0.1) is 17.5 Å². The van der Waals surface area contributed by atoms with Crippen LogP contribution in [0, 0.1) is 11.8 Å². The Hall–Kier alpha value is -2.74. The number of aromatic nitrogens is 2. The zero-order valence-corrected chi connectivity index (χ0v) is 21.7. The molecule has 0 radical (unpaired) electrons. The van der Waals surface area contributed by atoms with E-state index in [0.717, 1.165) is 35.7 Å². The van der Waals surface area contributed by atoms with E-state index in [1.807, 2.05) is 28.8 Å². The first kappa shape index (κ1) is 24.6. The molecule has 3 unspecified atom stereocenters. The lowest BCUT2D eigenvalue weighted by Crippen LogP contribution is -2.52. The predicted molar refractivity (Wildman–Crippen MR) is 142 cm³/mol. The van der Waals surface area contributed by atoms with Gasteiger partial charge in [-0.2, -0.15) is 0 Å². The largest absolute Gasteiger partial charge is 0.481 e. The molecule has 3 heterocycles. The molecule has 1 aromatic heterocycles. The number of oxime groups is 1. The van der Waals surface area contributed by atoms with Crippen molar-refractivity contribution in [2.24, 2.45) is 17.0 Å². The number of nitrogens with zero attached hydrogens (tertiary/aromatic N) is 4. The number of carboxylic acid groups (broad SMARTS) is 1. The lowest BCUT2D eigenvalue weighted by molar-refractivity contribution is -0.136. The molecule has 2 aromatic rings. The average Bonchev–Trinajstić information content (AvgIpc) is 3.15. The fourth-order valence-electron chi connectivity index (χ4n) is 8.18.